The van der Waals surface area contributed by atoms with E-state index >= 15 is 0 Å². The van der Waals surface area contributed by atoms with Crippen LogP contribution in [0.15, 0.2) is 29.4 Å². The number of anilines is 1. The van der Waals surface area contributed by atoms with Gasteiger partial charge in [-0.1, -0.05) is 42.0 Å². The number of carbonyl (C=O) groups is 1. The molecule has 3 rings (SSSR count). The molecule has 2 aromatic rings. The number of carbonyl (C=O) groups excluding carboxylic acids is 1. The average Bonchev–Trinajstić information content (AvgIpc) is 3.12. The Morgan fingerprint density at radius 1 is 1.35 bits per heavy atom. The van der Waals surface area contributed by atoms with Gasteiger partial charge in [-0.15, -0.1) is 0 Å². The second kappa shape index (κ2) is 9.09. The van der Waals surface area contributed by atoms with Crippen molar-refractivity contribution in [3.05, 3.63) is 29.3 Å². The van der Waals surface area contributed by atoms with Gasteiger partial charge < -0.3 is 4.74 Å². The molecule has 1 aliphatic rings. The first-order chi connectivity index (χ1) is 12.6. The summed E-state index contributed by atoms with van der Waals surface area (Å²) < 4.78 is 19.2. The van der Waals surface area contributed by atoms with Crippen LogP contribution in [0.5, 0.6) is 0 Å². The zero-order valence-electron chi connectivity index (χ0n) is 14.1. The van der Waals surface area contributed by atoms with Crippen molar-refractivity contribution in [3.63, 3.8) is 0 Å². The molecule has 1 saturated carbocycles. The zero-order valence-corrected chi connectivity index (χ0v) is 15.7. The van der Waals surface area contributed by atoms with Gasteiger partial charge >= 0.3 is 6.09 Å². The van der Waals surface area contributed by atoms with Gasteiger partial charge in [0, 0.05) is 10.7 Å². The summed E-state index contributed by atoms with van der Waals surface area (Å²) in [4.78, 5) is 11.8. The molecule has 0 radical (unpaired) electrons. The molecule has 1 N–H and O–H groups in total. The number of aromatic nitrogens is 4. The van der Waals surface area contributed by atoms with E-state index in [2.05, 4.69) is 20.8 Å². The molecule has 0 saturated heterocycles. The number of ether oxygens (including phenoxy) is 1. The van der Waals surface area contributed by atoms with Gasteiger partial charge in [-0.05, 0) is 41.5 Å². The van der Waals surface area contributed by atoms with Crippen LogP contribution in [-0.2, 0) is 15.5 Å². The van der Waals surface area contributed by atoms with Crippen LogP contribution in [0, 0.1) is 0 Å². The molecule has 0 spiro atoms. The highest BCUT2D eigenvalue weighted by Gasteiger charge is 2.23. The van der Waals surface area contributed by atoms with Crippen molar-refractivity contribution in [3.8, 4) is 0 Å². The highest BCUT2D eigenvalue weighted by Crippen LogP contribution is 2.28. The van der Waals surface area contributed by atoms with E-state index in [4.69, 9.17) is 16.3 Å². The lowest BCUT2D eigenvalue weighted by Gasteiger charge is -2.21. The largest absolute Gasteiger partial charge is 0.448 e. The standard InChI is InChI=1S/C16H20ClN5O3S/c17-12-5-4-6-13(11-12)18-16(23)25-9-10-26(24)15-19-20-21-22(15)14-7-2-1-3-8-14/h4-6,11,14H,1-3,7-10H2,(H,18,23). The summed E-state index contributed by atoms with van der Waals surface area (Å²) in [6.45, 7) is -0.00344. The normalized spacial score (nSPS) is 16.2. The van der Waals surface area contributed by atoms with Gasteiger partial charge in [0.05, 0.1) is 22.6 Å². The highest BCUT2D eigenvalue weighted by molar-refractivity contribution is 7.84. The van der Waals surface area contributed by atoms with Crippen LogP contribution in [-0.4, -0.2) is 42.9 Å². The maximum Gasteiger partial charge on any atom is 0.411 e. The smallest absolute Gasteiger partial charge is 0.411 e. The van der Waals surface area contributed by atoms with Gasteiger partial charge in [0.1, 0.15) is 6.61 Å². The first-order valence-corrected chi connectivity index (χ1v) is 10.2. The van der Waals surface area contributed by atoms with E-state index in [0.29, 0.717) is 15.9 Å². The fraction of sp³-hybridized carbons (Fsp3) is 0.500. The molecule has 140 valence electrons. The van der Waals surface area contributed by atoms with E-state index in [1.807, 2.05) is 0 Å². The number of rotatable bonds is 6. The summed E-state index contributed by atoms with van der Waals surface area (Å²) in [7, 11) is -1.43. The van der Waals surface area contributed by atoms with Gasteiger partial charge in [-0.25, -0.2) is 9.48 Å². The molecule has 0 bridgehead atoms. The Hall–Kier alpha value is -2.00. The fourth-order valence-electron chi connectivity index (χ4n) is 2.91. The lowest BCUT2D eigenvalue weighted by molar-refractivity contribution is 0.168. The number of hydrogen-bond acceptors (Lipinski definition) is 6. The van der Waals surface area contributed by atoms with Gasteiger partial charge in [0.15, 0.2) is 0 Å². The quantitative estimate of drug-likeness (QED) is 0.803. The molecular formula is C16H20ClN5O3S. The zero-order chi connectivity index (χ0) is 18.4. The second-order valence-corrected chi connectivity index (χ2v) is 7.92. The number of nitrogens with zero attached hydrogens (tertiary/aromatic N) is 4. The molecule has 1 atom stereocenters. The highest BCUT2D eigenvalue weighted by atomic mass is 35.5. The Balaban J connectivity index is 1.48. The predicted molar refractivity (Wildman–Crippen MR) is 97.6 cm³/mol. The number of hydrogen-bond donors (Lipinski definition) is 1. The van der Waals surface area contributed by atoms with Crippen LogP contribution in [0.3, 0.4) is 0 Å². The molecule has 1 aliphatic carbocycles. The predicted octanol–water partition coefficient (Wildman–Crippen LogP) is 3.19. The summed E-state index contributed by atoms with van der Waals surface area (Å²) >= 11 is 5.86. The van der Waals surface area contributed by atoms with Crippen molar-refractivity contribution in [2.24, 2.45) is 0 Å². The Morgan fingerprint density at radius 3 is 2.92 bits per heavy atom. The minimum absolute atomic E-state index is 0.00344. The molecule has 0 aliphatic heterocycles. The number of benzene rings is 1. The molecule has 1 heterocycles. The third-order valence-electron chi connectivity index (χ3n) is 4.16. The Kier molecular flexibility index (Phi) is 6.56. The van der Waals surface area contributed by atoms with Crippen LogP contribution in [0.25, 0.3) is 0 Å². The average molecular weight is 398 g/mol. The topological polar surface area (TPSA) is 99.0 Å². The van der Waals surface area contributed by atoms with Crippen molar-refractivity contribution in [2.75, 3.05) is 17.7 Å². The van der Waals surface area contributed by atoms with Crippen LogP contribution < -0.4 is 5.32 Å². The monoisotopic (exact) mass is 397 g/mol. The van der Waals surface area contributed by atoms with Crippen LogP contribution in [0.2, 0.25) is 5.02 Å². The van der Waals surface area contributed by atoms with Crippen molar-refractivity contribution in [1.82, 2.24) is 20.2 Å². The summed E-state index contributed by atoms with van der Waals surface area (Å²) in [5.74, 6) is 0.135. The van der Waals surface area contributed by atoms with E-state index in [0.717, 1.165) is 25.7 Å². The van der Waals surface area contributed by atoms with Gasteiger partial charge in [-0.3, -0.25) is 9.53 Å². The lowest BCUT2D eigenvalue weighted by atomic mass is 9.96. The van der Waals surface area contributed by atoms with Crippen molar-refractivity contribution >= 4 is 34.2 Å². The number of tetrazole rings is 1. The first kappa shape index (κ1) is 18.8. The van der Waals surface area contributed by atoms with Gasteiger partial charge in [0.2, 0.25) is 5.16 Å². The summed E-state index contributed by atoms with van der Waals surface area (Å²) in [6.07, 6.45) is 4.83. The molecule has 1 aromatic heterocycles. The lowest BCUT2D eigenvalue weighted by Crippen LogP contribution is -2.21. The number of halogens is 1. The number of nitrogens with one attached hydrogen (secondary N) is 1. The number of amides is 1. The van der Waals surface area contributed by atoms with Crippen molar-refractivity contribution in [2.45, 2.75) is 43.3 Å². The van der Waals surface area contributed by atoms with Crippen LogP contribution in [0.1, 0.15) is 38.1 Å². The molecule has 1 fully saturated rings. The van der Waals surface area contributed by atoms with E-state index in [1.54, 1.807) is 28.9 Å². The Morgan fingerprint density at radius 2 is 2.15 bits per heavy atom. The van der Waals surface area contributed by atoms with Gasteiger partial charge in [-0.2, -0.15) is 0 Å². The molecule has 26 heavy (non-hydrogen) atoms. The molecule has 1 aromatic carbocycles. The maximum absolute atomic E-state index is 12.5. The van der Waals surface area contributed by atoms with Gasteiger partial charge in [0.25, 0.3) is 0 Å². The SMILES string of the molecule is O=C(Nc1cccc(Cl)c1)OCCS(=O)c1nnnn1C1CCCCC1. The molecular weight excluding hydrogens is 378 g/mol. The molecule has 1 unspecified atom stereocenters. The Labute approximate surface area is 158 Å². The summed E-state index contributed by atoms with van der Waals surface area (Å²) in [5.41, 5.74) is 0.532. The minimum atomic E-state index is -1.43. The van der Waals surface area contributed by atoms with Crippen molar-refractivity contribution in [1.29, 1.82) is 0 Å². The third kappa shape index (κ3) is 5.01. The third-order valence-corrected chi connectivity index (χ3v) is 5.61. The molecule has 1 amide bonds. The van der Waals surface area contributed by atoms with E-state index in [-0.39, 0.29) is 18.4 Å². The maximum atomic E-state index is 12.5. The summed E-state index contributed by atoms with van der Waals surface area (Å²) in [5, 5.41) is 15.0. The molecule has 8 nitrogen and oxygen atoms in total. The first-order valence-electron chi connectivity index (χ1n) is 8.49. The second-order valence-electron chi connectivity index (χ2n) is 6.02. The van der Waals surface area contributed by atoms with Crippen LogP contribution in [0.4, 0.5) is 10.5 Å². The van der Waals surface area contributed by atoms with Crippen LogP contribution >= 0.6 is 11.6 Å². The summed E-state index contributed by atoms with van der Waals surface area (Å²) in [6, 6.07) is 6.93. The van der Waals surface area contributed by atoms with Crippen molar-refractivity contribution < 1.29 is 13.7 Å². The molecule has 10 heteroatoms. The minimum Gasteiger partial charge on any atom is -0.448 e. The van der Waals surface area contributed by atoms with E-state index < -0.39 is 16.9 Å². The van der Waals surface area contributed by atoms with E-state index in [1.165, 1.54) is 6.42 Å². The van der Waals surface area contributed by atoms with E-state index in [9.17, 15) is 9.00 Å². The fourth-order valence-corrected chi connectivity index (χ4v) is 4.04. The Bertz CT molecular complexity index is 779.